The van der Waals surface area contributed by atoms with Crippen molar-refractivity contribution < 1.29 is 28.0 Å². The van der Waals surface area contributed by atoms with Crippen LogP contribution in [0.15, 0.2) is 36.7 Å². The molecule has 0 spiro atoms. The number of anilines is 3. The molecule has 2 aromatic rings. The van der Waals surface area contributed by atoms with E-state index in [-0.39, 0.29) is 5.69 Å². The molecular weight excluding hydrogens is 409 g/mol. The number of nitrogens with one attached hydrogen (secondary N) is 1. The highest BCUT2D eigenvalue weighted by molar-refractivity contribution is 5.73. The summed E-state index contributed by atoms with van der Waals surface area (Å²) in [5, 5.41) is 20.7. The third-order valence-electron chi connectivity index (χ3n) is 4.08. The van der Waals surface area contributed by atoms with Gasteiger partial charge in [-0.2, -0.15) is 13.2 Å². The van der Waals surface area contributed by atoms with Gasteiger partial charge >= 0.3 is 17.8 Å². The molecule has 1 fully saturated rings. The molecule has 162 valence electrons. The first-order valence-electron chi connectivity index (χ1n) is 8.63. The molecule has 0 amide bonds. The molecule has 0 unspecified atom stereocenters. The fourth-order valence-corrected chi connectivity index (χ4v) is 2.43. The van der Waals surface area contributed by atoms with Crippen molar-refractivity contribution in [2.75, 3.05) is 43.4 Å². The Hall–Kier alpha value is -3.48. The molecule has 1 aliphatic rings. The minimum atomic E-state index is -5.08. The molecule has 1 aromatic heterocycles. The molecule has 10 nitrogen and oxygen atoms in total. The third kappa shape index (κ3) is 6.84. The van der Waals surface area contributed by atoms with E-state index in [2.05, 4.69) is 44.3 Å². The Labute approximate surface area is 169 Å². The van der Waals surface area contributed by atoms with Gasteiger partial charge < -0.3 is 20.2 Å². The predicted molar refractivity (Wildman–Crippen MR) is 102 cm³/mol. The number of carbonyl (C=O) groups is 1. The van der Waals surface area contributed by atoms with Crippen LogP contribution in [0, 0.1) is 10.1 Å². The van der Waals surface area contributed by atoms with Gasteiger partial charge in [-0.1, -0.05) is 0 Å². The topological polar surface area (TPSA) is 125 Å². The maximum absolute atomic E-state index is 10.6. The number of nitrogens with zero attached hydrogens (tertiary/aromatic N) is 5. The number of rotatable bonds is 4. The van der Waals surface area contributed by atoms with Gasteiger partial charge in [0.1, 0.15) is 12.4 Å². The molecule has 0 radical (unpaired) electrons. The Kier molecular flexibility index (Phi) is 7.47. The van der Waals surface area contributed by atoms with Crippen molar-refractivity contribution in [2.45, 2.75) is 6.18 Å². The lowest BCUT2D eigenvalue weighted by Crippen LogP contribution is -2.44. The number of aliphatic carboxylic acids is 1. The van der Waals surface area contributed by atoms with Crippen molar-refractivity contribution in [2.24, 2.45) is 0 Å². The van der Waals surface area contributed by atoms with Crippen molar-refractivity contribution in [3.05, 3.63) is 46.8 Å². The molecule has 2 N–H and O–H groups in total. The molecule has 0 atom stereocenters. The van der Waals surface area contributed by atoms with Crippen molar-refractivity contribution in [1.82, 2.24) is 14.9 Å². The van der Waals surface area contributed by atoms with Gasteiger partial charge in [0.25, 0.3) is 0 Å². The van der Waals surface area contributed by atoms with Crippen molar-refractivity contribution in [3.8, 4) is 0 Å². The molecular formula is C17H19F3N6O4. The first kappa shape index (κ1) is 22.8. The number of halogens is 3. The van der Waals surface area contributed by atoms with Crippen molar-refractivity contribution in [3.63, 3.8) is 0 Å². The van der Waals surface area contributed by atoms with E-state index in [4.69, 9.17) is 9.90 Å². The van der Waals surface area contributed by atoms with E-state index in [9.17, 15) is 23.3 Å². The summed E-state index contributed by atoms with van der Waals surface area (Å²) in [4.78, 5) is 31.5. The number of alkyl halides is 3. The largest absolute Gasteiger partial charge is 0.490 e. The lowest BCUT2D eigenvalue weighted by molar-refractivity contribution is -0.385. The lowest BCUT2D eigenvalue weighted by Gasteiger charge is -2.34. The van der Waals surface area contributed by atoms with Gasteiger partial charge in [-0.3, -0.25) is 10.1 Å². The van der Waals surface area contributed by atoms with Gasteiger partial charge in [0.15, 0.2) is 0 Å². The highest BCUT2D eigenvalue weighted by Gasteiger charge is 2.38. The van der Waals surface area contributed by atoms with Crippen molar-refractivity contribution in [1.29, 1.82) is 0 Å². The summed E-state index contributed by atoms with van der Waals surface area (Å²) >= 11 is 0. The van der Waals surface area contributed by atoms with E-state index in [0.717, 1.165) is 31.9 Å². The van der Waals surface area contributed by atoms with Crippen LogP contribution in [-0.4, -0.2) is 70.3 Å². The Morgan fingerprint density at radius 2 is 1.63 bits per heavy atom. The normalized spacial score (nSPS) is 14.5. The highest BCUT2D eigenvalue weighted by Crippen LogP contribution is 2.21. The molecule has 3 rings (SSSR count). The van der Waals surface area contributed by atoms with Crippen LogP contribution in [0.4, 0.5) is 36.2 Å². The van der Waals surface area contributed by atoms with Crippen LogP contribution in [0.2, 0.25) is 0 Å². The third-order valence-corrected chi connectivity index (χ3v) is 4.08. The SMILES string of the molecule is CN1CCN(c2ccc(Nc3ncc([N+](=O)[O-])cn3)cc2)CC1.O=C(O)C(F)(F)F. The Morgan fingerprint density at radius 3 is 2.07 bits per heavy atom. The maximum atomic E-state index is 10.6. The van der Waals surface area contributed by atoms with Crippen LogP contribution < -0.4 is 10.2 Å². The average Bonchev–Trinajstić information content (AvgIpc) is 2.69. The average molecular weight is 428 g/mol. The molecule has 0 saturated carbocycles. The first-order chi connectivity index (χ1) is 14.1. The smallest absolute Gasteiger partial charge is 0.475 e. The zero-order chi connectivity index (χ0) is 22.3. The molecule has 2 heterocycles. The Morgan fingerprint density at radius 1 is 1.13 bits per heavy atom. The second-order valence-electron chi connectivity index (χ2n) is 6.29. The summed E-state index contributed by atoms with van der Waals surface area (Å²) in [7, 11) is 2.13. The zero-order valence-corrected chi connectivity index (χ0v) is 15.8. The van der Waals surface area contributed by atoms with Gasteiger partial charge in [0, 0.05) is 37.6 Å². The molecule has 30 heavy (non-hydrogen) atoms. The highest BCUT2D eigenvalue weighted by atomic mass is 19.4. The molecule has 1 aromatic carbocycles. The van der Waals surface area contributed by atoms with E-state index in [1.807, 2.05) is 12.1 Å². The number of piperazine rings is 1. The van der Waals surface area contributed by atoms with Crippen LogP contribution in [-0.2, 0) is 4.79 Å². The van der Waals surface area contributed by atoms with E-state index < -0.39 is 17.1 Å². The maximum Gasteiger partial charge on any atom is 0.490 e. The number of carboxylic acid groups (broad SMARTS) is 1. The predicted octanol–water partition coefficient (Wildman–Crippen LogP) is 2.51. The Balaban J connectivity index is 0.000000396. The fraction of sp³-hybridized carbons (Fsp3) is 0.353. The van der Waals surface area contributed by atoms with E-state index in [1.165, 1.54) is 18.1 Å². The number of aromatic nitrogens is 2. The van der Waals surface area contributed by atoms with E-state index in [1.54, 1.807) is 0 Å². The summed E-state index contributed by atoms with van der Waals surface area (Å²) in [6, 6.07) is 8.02. The minimum absolute atomic E-state index is 0.124. The summed E-state index contributed by atoms with van der Waals surface area (Å²) in [6.07, 6.45) is -2.71. The fourth-order valence-electron chi connectivity index (χ4n) is 2.43. The number of benzene rings is 1. The molecule has 0 aliphatic carbocycles. The van der Waals surface area contributed by atoms with E-state index in [0.29, 0.717) is 5.95 Å². The zero-order valence-electron chi connectivity index (χ0n) is 15.8. The minimum Gasteiger partial charge on any atom is -0.475 e. The van der Waals surface area contributed by atoms with Gasteiger partial charge in [0.05, 0.1) is 4.92 Å². The van der Waals surface area contributed by atoms with Crippen LogP contribution in [0.3, 0.4) is 0 Å². The van der Waals surface area contributed by atoms with Crippen molar-refractivity contribution >= 4 is 29.0 Å². The summed E-state index contributed by atoms with van der Waals surface area (Å²) in [6.45, 7) is 4.18. The van der Waals surface area contributed by atoms with Crippen LogP contribution >= 0.6 is 0 Å². The van der Waals surface area contributed by atoms with E-state index >= 15 is 0 Å². The van der Waals surface area contributed by atoms with Gasteiger partial charge in [-0.25, -0.2) is 14.8 Å². The Bertz CT molecular complexity index is 853. The second kappa shape index (κ2) is 9.82. The van der Waals surface area contributed by atoms with Gasteiger partial charge in [-0.15, -0.1) is 0 Å². The quantitative estimate of drug-likeness (QED) is 0.558. The van der Waals surface area contributed by atoms with Gasteiger partial charge in [0.2, 0.25) is 5.95 Å². The summed E-state index contributed by atoms with van der Waals surface area (Å²) in [5.74, 6) is -2.42. The number of nitro groups is 1. The monoisotopic (exact) mass is 428 g/mol. The number of carboxylic acids is 1. The molecule has 1 saturated heterocycles. The number of hydrogen-bond donors (Lipinski definition) is 2. The van der Waals surface area contributed by atoms with Crippen LogP contribution in [0.5, 0.6) is 0 Å². The summed E-state index contributed by atoms with van der Waals surface area (Å²) in [5.41, 5.74) is 1.91. The molecule has 0 bridgehead atoms. The summed E-state index contributed by atoms with van der Waals surface area (Å²) < 4.78 is 31.7. The van der Waals surface area contributed by atoms with Crippen LogP contribution in [0.1, 0.15) is 0 Å². The molecule has 13 heteroatoms. The number of likely N-dealkylation sites (N-methyl/N-ethyl adjacent to an activating group) is 1. The first-order valence-corrected chi connectivity index (χ1v) is 8.63. The lowest BCUT2D eigenvalue weighted by atomic mass is 10.2. The number of hydrogen-bond acceptors (Lipinski definition) is 8. The van der Waals surface area contributed by atoms with Crippen LogP contribution in [0.25, 0.3) is 0 Å². The standard InChI is InChI=1S/C15H18N6O2.C2HF3O2/c1-19-6-8-20(9-7-19)13-4-2-12(3-5-13)18-15-16-10-14(11-17-15)21(22)23;3-2(4,5)1(6)7/h2-5,10-11H,6-9H2,1H3,(H,16,17,18);(H,6,7). The van der Waals surface area contributed by atoms with Gasteiger partial charge in [-0.05, 0) is 31.3 Å². The molecule has 1 aliphatic heterocycles. The second-order valence-corrected chi connectivity index (χ2v) is 6.29.